The Hall–Kier alpha value is -3.00. The maximum Gasteiger partial charge on any atom is 0.265 e. The number of nitrogens with zero attached hydrogens (tertiary/aromatic N) is 2. The molecule has 0 bridgehead atoms. The highest BCUT2D eigenvalue weighted by Crippen LogP contribution is 2.41. The Bertz CT molecular complexity index is 1240. The molecule has 1 unspecified atom stereocenters. The second-order valence-electron chi connectivity index (χ2n) is 7.00. The standard InChI is InChI=1S/C21H18F2N2O3S/c1-13(15-9-10-16(22)17(23)11-15)24(2)20(26)12-25-18-7-3-5-14-6-4-8-19(21(14)18)29(25,27)28/h3-11,13H,12H2,1-2H3. The summed E-state index contributed by atoms with van der Waals surface area (Å²) in [4.78, 5) is 14.4. The number of benzene rings is 3. The summed E-state index contributed by atoms with van der Waals surface area (Å²) in [6, 6.07) is 13.1. The topological polar surface area (TPSA) is 57.7 Å². The van der Waals surface area contributed by atoms with Crippen molar-refractivity contribution in [1.82, 2.24) is 4.90 Å². The molecule has 3 aromatic rings. The van der Waals surface area contributed by atoms with E-state index in [4.69, 9.17) is 0 Å². The first kappa shape index (κ1) is 19.3. The van der Waals surface area contributed by atoms with Gasteiger partial charge in [0.05, 0.1) is 16.6 Å². The molecule has 0 saturated heterocycles. The van der Waals surface area contributed by atoms with Crippen LogP contribution in [0, 0.1) is 11.6 Å². The summed E-state index contributed by atoms with van der Waals surface area (Å²) in [6.07, 6.45) is 0. The van der Waals surface area contributed by atoms with E-state index < -0.39 is 33.6 Å². The molecule has 0 N–H and O–H groups in total. The molecule has 8 heteroatoms. The number of rotatable bonds is 4. The summed E-state index contributed by atoms with van der Waals surface area (Å²) >= 11 is 0. The number of halogens is 2. The van der Waals surface area contributed by atoms with E-state index in [0.717, 1.165) is 21.8 Å². The lowest BCUT2D eigenvalue weighted by Gasteiger charge is -2.28. The first-order valence-electron chi connectivity index (χ1n) is 8.97. The van der Waals surface area contributed by atoms with Gasteiger partial charge in [0.1, 0.15) is 6.54 Å². The third-order valence-electron chi connectivity index (χ3n) is 5.36. The molecule has 5 nitrogen and oxygen atoms in total. The Morgan fingerprint density at radius 3 is 2.45 bits per heavy atom. The average Bonchev–Trinajstić information content (AvgIpc) is 2.92. The number of amides is 1. The minimum atomic E-state index is -3.85. The third kappa shape index (κ3) is 3.04. The van der Waals surface area contributed by atoms with Crippen LogP contribution in [0.15, 0.2) is 59.5 Å². The van der Waals surface area contributed by atoms with E-state index in [9.17, 15) is 22.0 Å². The van der Waals surface area contributed by atoms with E-state index in [0.29, 0.717) is 16.6 Å². The molecule has 4 rings (SSSR count). The number of anilines is 1. The normalized spacial score (nSPS) is 15.5. The Morgan fingerprint density at radius 1 is 1.07 bits per heavy atom. The predicted octanol–water partition coefficient (Wildman–Crippen LogP) is 3.85. The van der Waals surface area contributed by atoms with Crippen LogP contribution in [0.25, 0.3) is 10.8 Å². The molecular weight excluding hydrogens is 398 g/mol. The Kier molecular flexibility index (Phi) is 4.53. The lowest BCUT2D eigenvalue weighted by Crippen LogP contribution is -2.41. The van der Waals surface area contributed by atoms with Gasteiger partial charge in [-0.15, -0.1) is 0 Å². The summed E-state index contributed by atoms with van der Waals surface area (Å²) in [5.74, 6) is -2.43. The average molecular weight is 416 g/mol. The molecule has 1 aliphatic rings. The van der Waals surface area contributed by atoms with Crippen LogP contribution in [-0.2, 0) is 14.8 Å². The van der Waals surface area contributed by atoms with Crippen molar-refractivity contribution in [3.8, 4) is 0 Å². The van der Waals surface area contributed by atoms with E-state index in [1.807, 2.05) is 12.1 Å². The van der Waals surface area contributed by atoms with Crippen LogP contribution in [0.3, 0.4) is 0 Å². The highest BCUT2D eigenvalue weighted by molar-refractivity contribution is 7.93. The third-order valence-corrected chi connectivity index (χ3v) is 7.16. The number of sulfonamides is 1. The first-order valence-corrected chi connectivity index (χ1v) is 10.4. The zero-order chi connectivity index (χ0) is 20.9. The largest absolute Gasteiger partial charge is 0.337 e. The summed E-state index contributed by atoms with van der Waals surface area (Å²) in [7, 11) is -2.35. The van der Waals surface area contributed by atoms with Gasteiger partial charge >= 0.3 is 0 Å². The Labute approximate surface area is 167 Å². The fourth-order valence-corrected chi connectivity index (χ4v) is 5.23. The van der Waals surface area contributed by atoms with Crippen LogP contribution >= 0.6 is 0 Å². The molecule has 0 radical (unpaired) electrons. The maximum atomic E-state index is 13.5. The van der Waals surface area contributed by atoms with Gasteiger partial charge in [0.2, 0.25) is 5.91 Å². The molecule has 1 aliphatic heterocycles. The van der Waals surface area contributed by atoms with Crippen LogP contribution in [0.2, 0.25) is 0 Å². The smallest absolute Gasteiger partial charge is 0.265 e. The Morgan fingerprint density at radius 2 is 1.76 bits per heavy atom. The second-order valence-corrected chi connectivity index (χ2v) is 8.83. The van der Waals surface area contributed by atoms with Gasteiger partial charge in [-0.1, -0.05) is 30.3 Å². The molecule has 1 heterocycles. The van der Waals surface area contributed by atoms with Gasteiger partial charge in [-0.25, -0.2) is 17.2 Å². The van der Waals surface area contributed by atoms with Gasteiger partial charge in [0, 0.05) is 12.4 Å². The van der Waals surface area contributed by atoms with Crippen molar-refractivity contribution < 1.29 is 22.0 Å². The number of hydrogen-bond donors (Lipinski definition) is 0. The molecule has 0 aromatic heterocycles. The van der Waals surface area contributed by atoms with Gasteiger partial charge in [0.25, 0.3) is 10.0 Å². The van der Waals surface area contributed by atoms with Crippen LogP contribution in [-0.4, -0.2) is 32.8 Å². The number of carbonyl (C=O) groups is 1. The van der Waals surface area contributed by atoms with Crippen molar-refractivity contribution in [1.29, 1.82) is 0 Å². The SMILES string of the molecule is CC(c1ccc(F)c(F)c1)N(C)C(=O)CN1c2cccc3cccc(c23)S1(=O)=O. The zero-order valence-corrected chi connectivity index (χ0v) is 16.6. The quantitative estimate of drug-likeness (QED) is 0.649. The second kappa shape index (κ2) is 6.81. The molecule has 150 valence electrons. The molecule has 1 amide bonds. The maximum absolute atomic E-state index is 13.5. The molecule has 0 fully saturated rings. The minimum absolute atomic E-state index is 0.176. The van der Waals surface area contributed by atoms with Gasteiger partial charge in [-0.2, -0.15) is 0 Å². The number of likely N-dealkylation sites (N-methyl/N-ethyl adjacent to an activating group) is 1. The summed E-state index contributed by atoms with van der Waals surface area (Å²) in [6.45, 7) is 1.28. The predicted molar refractivity (Wildman–Crippen MR) is 106 cm³/mol. The summed E-state index contributed by atoms with van der Waals surface area (Å²) in [5.41, 5.74) is 0.870. The van der Waals surface area contributed by atoms with Crippen molar-refractivity contribution in [3.05, 3.63) is 71.8 Å². The van der Waals surface area contributed by atoms with Crippen molar-refractivity contribution in [2.45, 2.75) is 17.9 Å². The molecule has 3 aromatic carbocycles. The van der Waals surface area contributed by atoms with Crippen molar-refractivity contribution in [2.75, 3.05) is 17.9 Å². The zero-order valence-electron chi connectivity index (χ0n) is 15.8. The van der Waals surface area contributed by atoms with Gasteiger partial charge in [-0.3, -0.25) is 9.10 Å². The van der Waals surface area contributed by atoms with E-state index in [1.54, 1.807) is 25.1 Å². The molecule has 0 aliphatic carbocycles. The highest BCUT2D eigenvalue weighted by Gasteiger charge is 2.37. The molecular formula is C21H18F2N2O3S. The number of carbonyl (C=O) groups excluding carboxylic acids is 1. The van der Waals surface area contributed by atoms with Crippen molar-refractivity contribution >= 4 is 32.4 Å². The van der Waals surface area contributed by atoms with E-state index in [2.05, 4.69) is 0 Å². The summed E-state index contributed by atoms with van der Waals surface area (Å²) in [5, 5.41) is 1.38. The van der Waals surface area contributed by atoms with E-state index in [1.165, 1.54) is 24.1 Å². The lowest BCUT2D eigenvalue weighted by molar-refractivity contribution is -0.130. The molecule has 1 atom stereocenters. The van der Waals surface area contributed by atoms with Crippen molar-refractivity contribution in [3.63, 3.8) is 0 Å². The van der Waals surface area contributed by atoms with E-state index in [-0.39, 0.29) is 11.4 Å². The fraction of sp³-hybridized carbons (Fsp3) is 0.190. The molecule has 29 heavy (non-hydrogen) atoms. The monoisotopic (exact) mass is 416 g/mol. The van der Waals surface area contributed by atoms with E-state index >= 15 is 0 Å². The minimum Gasteiger partial charge on any atom is -0.337 e. The van der Waals surface area contributed by atoms with Crippen LogP contribution in [0.1, 0.15) is 18.5 Å². The first-order chi connectivity index (χ1) is 13.7. The number of hydrogen-bond acceptors (Lipinski definition) is 3. The van der Waals surface area contributed by atoms with Crippen molar-refractivity contribution in [2.24, 2.45) is 0 Å². The van der Waals surface area contributed by atoms with Crippen LogP contribution < -0.4 is 4.31 Å². The van der Waals surface area contributed by atoms with Gasteiger partial charge in [0.15, 0.2) is 11.6 Å². The molecule has 0 saturated carbocycles. The Balaban J connectivity index is 1.63. The molecule has 0 spiro atoms. The van der Waals surface area contributed by atoms with Crippen LogP contribution in [0.4, 0.5) is 14.5 Å². The summed E-state index contributed by atoms with van der Waals surface area (Å²) < 4.78 is 53.8. The lowest BCUT2D eigenvalue weighted by atomic mass is 10.1. The van der Waals surface area contributed by atoms with Gasteiger partial charge < -0.3 is 4.90 Å². The fourth-order valence-electron chi connectivity index (χ4n) is 3.57. The van der Waals surface area contributed by atoms with Gasteiger partial charge in [-0.05, 0) is 42.1 Å². The van der Waals surface area contributed by atoms with Crippen LogP contribution in [0.5, 0.6) is 0 Å². The highest BCUT2D eigenvalue weighted by atomic mass is 32.2.